The first-order valence-corrected chi connectivity index (χ1v) is 10.2. The minimum atomic E-state index is -2.05. The molecule has 2 bridgehead atoms. The zero-order chi connectivity index (χ0) is 20.8. The van der Waals surface area contributed by atoms with Crippen molar-refractivity contribution in [1.29, 1.82) is 0 Å². The summed E-state index contributed by atoms with van der Waals surface area (Å²) in [7, 11) is 0. The Morgan fingerprint density at radius 1 is 0.857 bits per heavy atom. The van der Waals surface area contributed by atoms with E-state index in [1.807, 2.05) is 0 Å². The van der Waals surface area contributed by atoms with Crippen LogP contribution in [0.1, 0.15) is 10.4 Å². The van der Waals surface area contributed by atoms with Crippen molar-refractivity contribution in [3.8, 4) is 0 Å². The van der Waals surface area contributed by atoms with Gasteiger partial charge in [-0.2, -0.15) is 0 Å². The summed E-state index contributed by atoms with van der Waals surface area (Å²) in [6.45, 7) is 0. The molecule has 0 radical (unpaired) electrons. The minimum Gasteiger partial charge on any atom is -0.325 e. The number of benzene rings is 1. The second kappa shape index (κ2) is 6.30. The van der Waals surface area contributed by atoms with E-state index in [4.69, 9.17) is 86.0 Å². The van der Waals surface area contributed by atoms with E-state index >= 15 is 0 Å². The molecular formula is C16H6Cl7NO4. The molecule has 3 aliphatic rings. The first-order valence-electron chi connectivity index (χ1n) is 7.58. The van der Waals surface area contributed by atoms with Crippen molar-refractivity contribution in [3.63, 3.8) is 0 Å². The molecule has 1 aromatic carbocycles. The van der Waals surface area contributed by atoms with E-state index in [1.165, 1.54) is 24.3 Å². The molecule has 1 heterocycles. The number of carbonyl (C=O) groups excluding carboxylic acids is 3. The highest BCUT2D eigenvalue weighted by molar-refractivity contribution is 6.66. The van der Waals surface area contributed by atoms with Crippen molar-refractivity contribution >= 4 is 99.0 Å². The molecule has 148 valence electrons. The maximum absolute atomic E-state index is 12.9. The van der Waals surface area contributed by atoms with Crippen molar-refractivity contribution in [3.05, 3.63) is 44.9 Å². The van der Waals surface area contributed by atoms with Crippen molar-refractivity contribution in [1.82, 2.24) is 5.06 Å². The number of amides is 2. The van der Waals surface area contributed by atoms with Crippen LogP contribution in [0.25, 0.3) is 0 Å². The van der Waals surface area contributed by atoms with Gasteiger partial charge in [0.1, 0.15) is 9.75 Å². The Bertz CT molecular complexity index is 932. The Hall–Kier alpha value is -0.400. The van der Waals surface area contributed by atoms with Crippen LogP contribution in [0.4, 0.5) is 0 Å². The topological polar surface area (TPSA) is 63.7 Å². The standard InChI is InChI=1S/C16H6Cl7NO4/c17-6-3-1-5(2-4-6)13(27)28-24-11(25)7-8(12(24)26)15(21)10(19)9(18)14(7,20)16(15,22)23/h1-4,7-8H/t7-,8+,14-,15-/m1/s1. The fourth-order valence-corrected chi connectivity index (χ4v) is 6.84. The second-order valence-corrected chi connectivity index (χ2v) is 10.1. The van der Waals surface area contributed by atoms with Crippen LogP contribution in [0.5, 0.6) is 0 Å². The molecule has 1 aliphatic heterocycles. The summed E-state index contributed by atoms with van der Waals surface area (Å²) in [4.78, 5) is 39.2. The van der Waals surface area contributed by atoms with Crippen LogP contribution in [0, 0.1) is 11.8 Å². The molecule has 0 N–H and O–H groups in total. The third kappa shape index (κ3) is 2.22. The number of hydroxylamine groups is 2. The van der Waals surface area contributed by atoms with Gasteiger partial charge in [0.2, 0.25) is 0 Å². The number of hydrogen-bond acceptors (Lipinski definition) is 4. The predicted octanol–water partition coefficient (Wildman–Crippen LogP) is 4.86. The van der Waals surface area contributed by atoms with Crippen LogP contribution in [0.3, 0.4) is 0 Å². The molecular weight excluding hydrogens is 518 g/mol. The van der Waals surface area contributed by atoms with Gasteiger partial charge in [-0.1, -0.05) is 58.0 Å². The number of nitrogens with zero attached hydrogens (tertiary/aromatic N) is 1. The third-order valence-corrected chi connectivity index (χ3v) is 9.63. The van der Waals surface area contributed by atoms with Gasteiger partial charge in [-0.25, -0.2) is 4.79 Å². The number of fused-ring (bicyclic) bond motifs is 5. The van der Waals surface area contributed by atoms with Crippen LogP contribution in [0.2, 0.25) is 5.02 Å². The van der Waals surface area contributed by atoms with Gasteiger partial charge in [-0.15, -0.1) is 28.3 Å². The van der Waals surface area contributed by atoms with E-state index in [9.17, 15) is 14.4 Å². The fraction of sp³-hybridized carbons (Fsp3) is 0.312. The molecule has 5 nitrogen and oxygen atoms in total. The lowest BCUT2D eigenvalue weighted by atomic mass is 9.84. The van der Waals surface area contributed by atoms with Gasteiger partial charge in [0.25, 0.3) is 11.8 Å². The monoisotopic (exact) mass is 521 g/mol. The lowest BCUT2D eigenvalue weighted by Crippen LogP contribution is -2.50. The fourth-order valence-electron chi connectivity index (χ4n) is 3.78. The number of hydrogen-bond donors (Lipinski definition) is 0. The van der Waals surface area contributed by atoms with E-state index in [0.29, 0.717) is 10.1 Å². The number of rotatable bonds is 2. The van der Waals surface area contributed by atoms with Gasteiger partial charge in [-0.3, -0.25) is 9.59 Å². The Balaban J connectivity index is 1.71. The lowest BCUT2D eigenvalue weighted by Gasteiger charge is -2.34. The predicted molar refractivity (Wildman–Crippen MR) is 106 cm³/mol. The molecule has 2 amide bonds. The molecule has 4 rings (SSSR count). The summed E-state index contributed by atoms with van der Waals surface area (Å²) >= 11 is 43.9. The summed E-state index contributed by atoms with van der Waals surface area (Å²) in [5.41, 5.74) is 0.0597. The van der Waals surface area contributed by atoms with Crippen molar-refractivity contribution < 1.29 is 19.2 Å². The van der Waals surface area contributed by atoms with Gasteiger partial charge in [-0.05, 0) is 24.3 Å². The van der Waals surface area contributed by atoms with Crippen LogP contribution < -0.4 is 0 Å². The largest absolute Gasteiger partial charge is 0.363 e. The number of imide groups is 1. The molecule has 1 aromatic rings. The van der Waals surface area contributed by atoms with E-state index in [1.54, 1.807) is 0 Å². The first kappa shape index (κ1) is 20.9. The number of alkyl halides is 4. The Labute approximate surface area is 193 Å². The SMILES string of the molecule is O=C(ON1C(=O)[C@@H]2[C@H](C1=O)[C@@]1(Cl)C(Cl)=C(Cl)[C@@]2(Cl)C1(Cl)Cl)c1ccc(Cl)cc1. The van der Waals surface area contributed by atoms with Gasteiger partial charge >= 0.3 is 5.97 Å². The van der Waals surface area contributed by atoms with Crippen LogP contribution in [-0.2, 0) is 14.4 Å². The molecule has 4 atom stereocenters. The van der Waals surface area contributed by atoms with E-state index < -0.39 is 43.7 Å². The van der Waals surface area contributed by atoms with Crippen molar-refractivity contribution in [2.24, 2.45) is 11.8 Å². The average molecular weight is 524 g/mol. The maximum Gasteiger partial charge on any atom is 0.363 e. The molecule has 12 heteroatoms. The highest BCUT2D eigenvalue weighted by Gasteiger charge is 2.88. The highest BCUT2D eigenvalue weighted by Crippen LogP contribution is 2.77. The summed E-state index contributed by atoms with van der Waals surface area (Å²) in [5.74, 6) is -5.62. The molecule has 0 aromatic heterocycles. The zero-order valence-corrected chi connectivity index (χ0v) is 18.5. The Morgan fingerprint density at radius 3 is 1.71 bits per heavy atom. The maximum atomic E-state index is 12.9. The Morgan fingerprint density at radius 2 is 1.29 bits per heavy atom. The van der Waals surface area contributed by atoms with Crippen molar-refractivity contribution in [2.75, 3.05) is 0 Å². The van der Waals surface area contributed by atoms with Gasteiger partial charge in [0, 0.05) is 5.02 Å². The third-order valence-electron chi connectivity index (χ3n) is 5.12. The van der Waals surface area contributed by atoms with Gasteiger partial charge in [0.05, 0.1) is 27.5 Å². The number of allylic oxidation sites excluding steroid dienone is 2. The van der Waals surface area contributed by atoms with Crippen LogP contribution in [0.15, 0.2) is 34.3 Å². The lowest BCUT2D eigenvalue weighted by molar-refractivity contribution is -0.175. The average Bonchev–Trinajstić information content (AvgIpc) is 3.01. The normalized spacial score (nSPS) is 35.6. The molecule has 2 fully saturated rings. The zero-order valence-electron chi connectivity index (χ0n) is 13.2. The summed E-state index contributed by atoms with van der Waals surface area (Å²) < 4.78 is -2.05. The van der Waals surface area contributed by atoms with E-state index in [-0.39, 0.29) is 15.6 Å². The molecule has 0 spiro atoms. The molecule has 2 aliphatic carbocycles. The highest BCUT2D eigenvalue weighted by atomic mass is 35.5. The molecule has 0 unspecified atom stereocenters. The number of carbonyl (C=O) groups is 3. The molecule has 1 saturated carbocycles. The summed E-state index contributed by atoms with van der Waals surface area (Å²) in [6, 6.07) is 5.62. The Kier molecular flexibility index (Phi) is 4.69. The van der Waals surface area contributed by atoms with Crippen LogP contribution in [-0.4, -0.2) is 36.9 Å². The number of halogens is 7. The second-order valence-electron chi connectivity index (χ2n) is 6.44. The quantitative estimate of drug-likeness (QED) is 0.410. The summed E-state index contributed by atoms with van der Waals surface area (Å²) in [6.07, 6.45) is 0. The molecule has 1 saturated heterocycles. The van der Waals surface area contributed by atoms with E-state index in [2.05, 4.69) is 0 Å². The van der Waals surface area contributed by atoms with Gasteiger partial charge in [0.15, 0.2) is 4.33 Å². The van der Waals surface area contributed by atoms with Crippen LogP contribution >= 0.6 is 81.2 Å². The molecule has 28 heavy (non-hydrogen) atoms. The summed E-state index contributed by atoms with van der Waals surface area (Å²) in [5, 5.41) is 0.219. The first-order chi connectivity index (χ1) is 12.9. The minimum absolute atomic E-state index is 0.0597. The van der Waals surface area contributed by atoms with E-state index in [0.717, 1.165) is 0 Å². The van der Waals surface area contributed by atoms with Crippen molar-refractivity contribution in [2.45, 2.75) is 14.1 Å². The smallest absolute Gasteiger partial charge is 0.325 e. The van der Waals surface area contributed by atoms with Gasteiger partial charge < -0.3 is 4.84 Å².